The zero-order chi connectivity index (χ0) is 22.5. The molecule has 0 spiro atoms. The number of halogens is 1. The molecule has 172 valence electrons. The summed E-state index contributed by atoms with van der Waals surface area (Å²) >= 11 is 5.84. The molecule has 2 aromatic heterocycles. The van der Waals surface area contributed by atoms with E-state index in [9.17, 15) is 9.59 Å². The van der Waals surface area contributed by atoms with E-state index in [-0.39, 0.29) is 17.5 Å². The Morgan fingerprint density at radius 1 is 1.19 bits per heavy atom. The second kappa shape index (κ2) is 10.3. The number of aromatic nitrogens is 4. The number of piperazine rings is 1. The van der Waals surface area contributed by atoms with Crippen LogP contribution in [-0.4, -0.2) is 83.0 Å². The molecule has 4 rings (SSSR count). The maximum Gasteiger partial charge on any atom is 0.269 e. The van der Waals surface area contributed by atoms with Crippen molar-refractivity contribution < 1.29 is 9.53 Å². The molecular formula is C21H28ClN7O3. The van der Waals surface area contributed by atoms with Crippen molar-refractivity contribution in [3.63, 3.8) is 0 Å². The van der Waals surface area contributed by atoms with Crippen LogP contribution in [-0.2, 0) is 9.53 Å². The zero-order valence-corrected chi connectivity index (χ0v) is 18.9. The zero-order valence-electron chi connectivity index (χ0n) is 18.2. The van der Waals surface area contributed by atoms with Gasteiger partial charge in [0.15, 0.2) is 0 Å². The first-order chi connectivity index (χ1) is 15.5. The van der Waals surface area contributed by atoms with Crippen molar-refractivity contribution in [1.82, 2.24) is 25.1 Å². The molecule has 32 heavy (non-hydrogen) atoms. The number of anilines is 2. The summed E-state index contributed by atoms with van der Waals surface area (Å²) < 4.78 is 5.86. The average molecular weight is 462 g/mol. The smallest absolute Gasteiger partial charge is 0.269 e. The number of aromatic amines is 1. The van der Waals surface area contributed by atoms with Crippen LogP contribution in [0.5, 0.6) is 0 Å². The molecule has 0 unspecified atom stereocenters. The van der Waals surface area contributed by atoms with Crippen LogP contribution in [0.25, 0.3) is 0 Å². The molecule has 11 heteroatoms. The number of rotatable bonds is 7. The first-order valence-electron chi connectivity index (χ1n) is 10.9. The summed E-state index contributed by atoms with van der Waals surface area (Å²) in [6, 6.07) is 0.190. The first-order valence-corrected chi connectivity index (χ1v) is 11.3. The van der Waals surface area contributed by atoms with E-state index < -0.39 is 0 Å². The molecule has 2 aliphatic heterocycles. The fraction of sp³-hybridized carbons (Fsp3) is 0.571. The van der Waals surface area contributed by atoms with Crippen molar-refractivity contribution in [2.24, 2.45) is 0 Å². The molecule has 10 nitrogen and oxygen atoms in total. The van der Waals surface area contributed by atoms with E-state index in [1.165, 1.54) is 0 Å². The van der Waals surface area contributed by atoms with E-state index in [1.54, 1.807) is 18.6 Å². The van der Waals surface area contributed by atoms with Gasteiger partial charge in [0.05, 0.1) is 55.0 Å². The largest absolute Gasteiger partial charge is 0.379 e. The number of carbonyl (C=O) groups excluding carboxylic acids is 1. The summed E-state index contributed by atoms with van der Waals surface area (Å²) in [5, 5.41) is 6.91. The Bertz CT molecular complexity index is 976. The number of carbonyl (C=O) groups is 1. The van der Waals surface area contributed by atoms with E-state index in [2.05, 4.69) is 30.0 Å². The Morgan fingerprint density at radius 3 is 2.69 bits per heavy atom. The number of nitrogens with zero attached hydrogens (tertiary/aromatic N) is 6. The number of ether oxygens (including phenoxy) is 1. The highest BCUT2D eigenvalue weighted by atomic mass is 35.5. The van der Waals surface area contributed by atoms with Crippen molar-refractivity contribution in [2.45, 2.75) is 32.2 Å². The fourth-order valence-corrected chi connectivity index (χ4v) is 4.32. The monoisotopic (exact) mass is 461 g/mol. The lowest BCUT2D eigenvalue weighted by atomic mass is 10.2. The predicted molar refractivity (Wildman–Crippen MR) is 121 cm³/mol. The van der Waals surface area contributed by atoms with Gasteiger partial charge < -0.3 is 19.4 Å². The molecule has 0 aliphatic carbocycles. The second-order valence-electron chi connectivity index (χ2n) is 8.09. The third-order valence-corrected chi connectivity index (χ3v) is 6.25. The quantitative estimate of drug-likeness (QED) is 0.614. The molecule has 0 bridgehead atoms. The summed E-state index contributed by atoms with van der Waals surface area (Å²) in [6.45, 7) is 6.25. The van der Waals surface area contributed by atoms with Gasteiger partial charge in [-0.1, -0.05) is 11.6 Å². The van der Waals surface area contributed by atoms with Gasteiger partial charge in [-0.15, -0.1) is 0 Å². The lowest BCUT2D eigenvalue weighted by Gasteiger charge is -2.34. The summed E-state index contributed by atoms with van der Waals surface area (Å²) in [4.78, 5) is 39.0. The summed E-state index contributed by atoms with van der Waals surface area (Å²) in [6.07, 6.45) is 7.26. The molecule has 2 aliphatic rings. The van der Waals surface area contributed by atoms with Crippen LogP contribution < -0.4 is 15.4 Å². The van der Waals surface area contributed by atoms with Gasteiger partial charge in [-0.05, 0) is 19.8 Å². The van der Waals surface area contributed by atoms with Gasteiger partial charge in [-0.25, -0.2) is 15.1 Å². The minimum absolute atomic E-state index is 0.0968. The second-order valence-corrected chi connectivity index (χ2v) is 8.53. The van der Waals surface area contributed by atoms with Gasteiger partial charge in [-0.3, -0.25) is 9.59 Å². The van der Waals surface area contributed by atoms with Crippen LogP contribution in [0, 0.1) is 6.92 Å². The minimum atomic E-state index is -0.164. The number of hydrogen-bond donors (Lipinski definition) is 1. The standard InChI is InChI=1S/C21H28ClN7O3/c1-15-18(13-25-26-20(15)31)29-5-2-3-17(29)14-32-10-4-19(30)27-6-8-28(9-7-27)21-23-11-16(22)12-24-21/h11-13,17H,2-10,14H2,1H3,(H,26,31)/t17-/m0/s1. The van der Waals surface area contributed by atoms with Crippen molar-refractivity contribution in [3.8, 4) is 0 Å². The van der Waals surface area contributed by atoms with Gasteiger partial charge in [-0.2, -0.15) is 5.10 Å². The topological polar surface area (TPSA) is 108 Å². The molecule has 0 saturated carbocycles. The predicted octanol–water partition coefficient (Wildman–Crippen LogP) is 1.25. The Labute approximate surface area is 191 Å². The molecule has 1 N–H and O–H groups in total. The summed E-state index contributed by atoms with van der Waals surface area (Å²) in [7, 11) is 0. The first kappa shape index (κ1) is 22.5. The SMILES string of the molecule is Cc1c(N2CCC[C@H]2COCCC(=O)N2CCN(c3ncc(Cl)cn3)CC2)cn[nH]c1=O. The van der Waals surface area contributed by atoms with Crippen molar-refractivity contribution >= 4 is 29.1 Å². The van der Waals surface area contributed by atoms with E-state index in [0.717, 1.165) is 25.1 Å². The van der Waals surface area contributed by atoms with E-state index in [1.807, 2.05) is 11.8 Å². The van der Waals surface area contributed by atoms with Crippen molar-refractivity contribution in [2.75, 3.05) is 55.7 Å². The number of nitrogens with one attached hydrogen (secondary N) is 1. The van der Waals surface area contributed by atoms with Crippen molar-refractivity contribution in [1.29, 1.82) is 0 Å². The normalized spacial score (nSPS) is 18.9. The minimum Gasteiger partial charge on any atom is -0.379 e. The molecule has 4 heterocycles. The molecule has 2 saturated heterocycles. The van der Waals surface area contributed by atoms with E-state index in [0.29, 0.717) is 62.3 Å². The van der Waals surface area contributed by atoms with Crippen LogP contribution in [0.3, 0.4) is 0 Å². The number of H-pyrrole nitrogens is 1. The highest BCUT2D eigenvalue weighted by Gasteiger charge is 2.27. The van der Waals surface area contributed by atoms with Gasteiger partial charge >= 0.3 is 0 Å². The van der Waals surface area contributed by atoms with Gasteiger partial charge in [0.2, 0.25) is 11.9 Å². The van der Waals surface area contributed by atoms with Crippen molar-refractivity contribution in [3.05, 3.63) is 39.5 Å². The third-order valence-electron chi connectivity index (χ3n) is 6.06. The summed E-state index contributed by atoms with van der Waals surface area (Å²) in [5.74, 6) is 0.733. The molecule has 1 atom stereocenters. The van der Waals surface area contributed by atoms with Gasteiger partial charge in [0.1, 0.15) is 0 Å². The molecule has 1 amide bonds. The van der Waals surface area contributed by atoms with Crippen LogP contribution in [0.15, 0.2) is 23.4 Å². The van der Waals surface area contributed by atoms with Crippen LogP contribution in [0.2, 0.25) is 5.02 Å². The lowest BCUT2D eigenvalue weighted by Crippen LogP contribution is -2.49. The molecule has 2 fully saturated rings. The van der Waals surface area contributed by atoms with Gasteiger partial charge in [0, 0.05) is 38.3 Å². The van der Waals surface area contributed by atoms with Crippen LogP contribution in [0.4, 0.5) is 11.6 Å². The highest BCUT2D eigenvalue weighted by molar-refractivity contribution is 6.30. The van der Waals surface area contributed by atoms with E-state index in [4.69, 9.17) is 16.3 Å². The summed E-state index contributed by atoms with van der Waals surface area (Å²) in [5.41, 5.74) is 1.37. The lowest BCUT2D eigenvalue weighted by molar-refractivity contribution is -0.132. The molecule has 0 radical (unpaired) electrons. The third kappa shape index (κ3) is 5.18. The molecular weight excluding hydrogens is 434 g/mol. The van der Waals surface area contributed by atoms with Gasteiger partial charge in [0.25, 0.3) is 5.56 Å². The highest BCUT2D eigenvalue weighted by Crippen LogP contribution is 2.26. The maximum atomic E-state index is 12.6. The fourth-order valence-electron chi connectivity index (χ4n) is 4.23. The Hall–Kier alpha value is -2.72. The van der Waals surface area contributed by atoms with Crippen LogP contribution in [0.1, 0.15) is 24.8 Å². The Kier molecular flexibility index (Phi) is 7.21. The Morgan fingerprint density at radius 2 is 1.94 bits per heavy atom. The Balaban J connectivity index is 1.19. The number of amides is 1. The maximum absolute atomic E-state index is 12.6. The average Bonchev–Trinajstić information content (AvgIpc) is 3.27. The van der Waals surface area contributed by atoms with Crippen LogP contribution >= 0.6 is 11.6 Å². The number of hydrogen-bond acceptors (Lipinski definition) is 8. The molecule has 2 aromatic rings. The molecule has 0 aromatic carbocycles. The van der Waals surface area contributed by atoms with E-state index >= 15 is 0 Å².